The summed E-state index contributed by atoms with van der Waals surface area (Å²) in [4.78, 5) is 51.7. The Balaban J connectivity index is 2.90. The maximum atomic E-state index is 11.4. The lowest BCUT2D eigenvalue weighted by Crippen LogP contribution is -2.49. The molecular formula is C16H28BN4O7. The van der Waals surface area contributed by atoms with Crippen molar-refractivity contribution in [3.63, 3.8) is 0 Å². The summed E-state index contributed by atoms with van der Waals surface area (Å²) < 4.78 is 0. The zero-order valence-electron chi connectivity index (χ0n) is 16.0. The number of carboxylic acids is 3. The van der Waals surface area contributed by atoms with Crippen molar-refractivity contribution in [2.75, 3.05) is 78.5 Å². The van der Waals surface area contributed by atoms with E-state index in [2.05, 4.69) is 7.85 Å². The molecule has 0 bridgehead atoms. The highest BCUT2D eigenvalue weighted by Crippen LogP contribution is 2.01. The molecule has 0 unspecified atom stereocenters. The molecule has 1 rings (SSSR count). The number of hydrogen-bond donors (Lipinski definition) is 3. The Morgan fingerprint density at radius 3 is 0.929 bits per heavy atom. The highest BCUT2D eigenvalue weighted by atomic mass is 16.4. The largest absolute Gasteiger partial charge is 0.480 e. The maximum absolute atomic E-state index is 11.4. The van der Waals surface area contributed by atoms with Crippen LogP contribution in [0.15, 0.2) is 0 Å². The molecule has 0 spiro atoms. The summed E-state index contributed by atoms with van der Waals surface area (Å²) in [6.45, 7) is 2.55. The van der Waals surface area contributed by atoms with Crippen LogP contribution < -0.4 is 0 Å². The van der Waals surface area contributed by atoms with E-state index in [1.54, 1.807) is 14.7 Å². The first-order valence-corrected chi connectivity index (χ1v) is 9.05. The highest BCUT2D eigenvalue weighted by molar-refractivity contribution is 6.58. The van der Waals surface area contributed by atoms with Gasteiger partial charge in [-0.2, -0.15) is 0 Å². The van der Waals surface area contributed by atoms with Crippen LogP contribution in [-0.4, -0.2) is 145 Å². The predicted molar refractivity (Wildman–Crippen MR) is 101 cm³/mol. The minimum absolute atomic E-state index is 0.104. The third-order valence-corrected chi connectivity index (χ3v) is 4.41. The molecule has 0 aromatic rings. The standard InChI is InChI=1S/C16H28BN4O7/c17-13(22)9-18-1-3-19(10-14(23)24)5-7-21(12-16(27)28)8-6-20(4-2-18)11-15(25)26/h17H,1-12H2,(H,23,24)(H,25,26)(H,27,28). The Bertz CT molecular complexity index is 451. The van der Waals surface area contributed by atoms with E-state index in [0.29, 0.717) is 52.4 Å². The third kappa shape index (κ3) is 11.0. The van der Waals surface area contributed by atoms with Gasteiger partial charge in [0.2, 0.25) is 0 Å². The summed E-state index contributed by atoms with van der Waals surface area (Å²) in [5, 5.41) is 27.3. The van der Waals surface area contributed by atoms with Gasteiger partial charge in [-0.3, -0.25) is 34.0 Å². The molecule has 0 atom stereocenters. The lowest BCUT2D eigenvalue weighted by atomic mass is 10.0. The first-order valence-electron chi connectivity index (χ1n) is 9.05. The first kappa shape index (κ1) is 24.0. The molecule has 1 aliphatic heterocycles. The number of rotatable bonds is 8. The number of carboxylic acid groups (broad SMARTS) is 3. The summed E-state index contributed by atoms with van der Waals surface area (Å²) in [5.41, 5.74) is -0.269. The predicted octanol–water partition coefficient (Wildman–Crippen LogP) is -3.11. The van der Waals surface area contributed by atoms with Gasteiger partial charge in [-0.05, 0) is 0 Å². The van der Waals surface area contributed by atoms with Crippen LogP contribution in [0.5, 0.6) is 0 Å². The summed E-state index contributed by atoms with van der Waals surface area (Å²) >= 11 is 0. The van der Waals surface area contributed by atoms with E-state index in [1.165, 1.54) is 0 Å². The second-order valence-electron chi connectivity index (χ2n) is 6.82. The zero-order valence-corrected chi connectivity index (χ0v) is 16.0. The molecule has 12 heteroatoms. The van der Waals surface area contributed by atoms with Gasteiger partial charge in [-0.15, -0.1) is 0 Å². The van der Waals surface area contributed by atoms with E-state index >= 15 is 0 Å². The van der Waals surface area contributed by atoms with Crippen LogP contribution in [0.2, 0.25) is 0 Å². The molecule has 0 aromatic carbocycles. The van der Waals surface area contributed by atoms with E-state index in [9.17, 15) is 19.2 Å². The zero-order chi connectivity index (χ0) is 21.1. The van der Waals surface area contributed by atoms with Crippen molar-refractivity contribution >= 4 is 31.4 Å². The van der Waals surface area contributed by atoms with E-state index in [4.69, 9.17) is 15.3 Å². The number of nitrogens with zero attached hydrogens (tertiary/aromatic N) is 4. The summed E-state index contributed by atoms with van der Waals surface area (Å²) in [5.74, 6) is -2.96. The molecule has 0 amide bonds. The molecule has 157 valence electrons. The van der Waals surface area contributed by atoms with Crippen LogP contribution in [0.1, 0.15) is 0 Å². The highest BCUT2D eigenvalue weighted by Gasteiger charge is 2.20. The van der Waals surface area contributed by atoms with Crippen LogP contribution in [0, 0.1) is 0 Å². The third-order valence-electron chi connectivity index (χ3n) is 4.41. The van der Waals surface area contributed by atoms with Crippen molar-refractivity contribution in [2.24, 2.45) is 0 Å². The molecule has 1 aliphatic rings. The maximum Gasteiger partial charge on any atom is 0.317 e. The molecule has 1 fully saturated rings. The van der Waals surface area contributed by atoms with Gasteiger partial charge >= 0.3 is 17.9 Å². The molecule has 28 heavy (non-hydrogen) atoms. The average Bonchev–Trinajstić information content (AvgIpc) is 2.55. The molecule has 0 saturated carbocycles. The minimum Gasteiger partial charge on any atom is -0.480 e. The van der Waals surface area contributed by atoms with Crippen molar-refractivity contribution < 1.29 is 34.5 Å². The molecule has 11 nitrogen and oxygen atoms in total. The number of hydrogen-bond acceptors (Lipinski definition) is 8. The van der Waals surface area contributed by atoms with E-state index in [0.717, 1.165) is 0 Å². The van der Waals surface area contributed by atoms with Gasteiger partial charge < -0.3 is 20.1 Å². The number of carbonyl (C=O) groups is 4. The van der Waals surface area contributed by atoms with Crippen molar-refractivity contribution in [2.45, 2.75) is 0 Å². The van der Waals surface area contributed by atoms with Crippen LogP contribution in [0.4, 0.5) is 0 Å². The Hall–Kier alpha value is -2.02. The van der Waals surface area contributed by atoms with Crippen molar-refractivity contribution in [1.29, 1.82) is 0 Å². The summed E-state index contributed by atoms with van der Waals surface area (Å²) in [7, 11) is 3.38. The van der Waals surface area contributed by atoms with E-state index in [1.807, 2.05) is 4.90 Å². The van der Waals surface area contributed by atoms with Crippen molar-refractivity contribution in [3.05, 3.63) is 0 Å². The Morgan fingerprint density at radius 2 is 0.750 bits per heavy atom. The SMILES string of the molecule is [BH]C(=O)CN1CCN(CC(=O)O)CCN(CC(=O)O)CCN(CC(=O)O)CC1. The Labute approximate surface area is 164 Å². The lowest BCUT2D eigenvalue weighted by Gasteiger charge is -2.32. The molecule has 1 heterocycles. The quantitative estimate of drug-likeness (QED) is 0.357. The van der Waals surface area contributed by atoms with Crippen LogP contribution in [-0.2, 0) is 19.2 Å². The van der Waals surface area contributed by atoms with Gasteiger partial charge in [-0.25, -0.2) is 0 Å². The van der Waals surface area contributed by atoms with Gasteiger partial charge in [0, 0.05) is 58.9 Å². The molecule has 0 aliphatic carbocycles. The molecular weight excluding hydrogens is 371 g/mol. The van der Waals surface area contributed by atoms with Gasteiger partial charge in [0.05, 0.1) is 25.3 Å². The summed E-state index contributed by atoms with van der Waals surface area (Å²) in [6, 6.07) is 0. The fraction of sp³-hybridized carbons (Fsp3) is 0.750. The Kier molecular flexibility index (Phi) is 10.7. The normalized spacial score (nSPS) is 19.4. The second-order valence-corrected chi connectivity index (χ2v) is 6.82. The van der Waals surface area contributed by atoms with Gasteiger partial charge in [-0.1, -0.05) is 0 Å². The fourth-order valence-electron chi connectivity index (χ4n) is 3.03. The molecule has 1 radical (unpaired) electrons. The minimum atomic E-state index is -0.998. The fourth-order valence-corrected chi connectivity index (χ4v) is 3.03. The smallest absolute Gasteiger partial charge is 0.317 e. The lowest BCUT2D eigenvalue weighted by molar-refractivity contribution is -0.140. The van der Waals surface area contributed by atoms with E-state index in [-0.39, 0.29) is 31.9 Å². The first-order chi connectivity index (χ1) is 13.2. The van der Waals surface area contributed by atoms with E-state index < -0.39 is 17.9 Å². The van der Waals surface area contributed by atoms with Crippen LogP contribution >= 0.6 is 0 Å². The monoisotopic (exact) mass is 399 g/mol. The van der Waals surface area contributed by atoms with Crippen molar-refractivity contribution in [1.82, 2.24) is 19.6 Å². The number of carbonyl (C=O) groups excluding carboxylic acids is 1. The van der Waals surface area contributed by atoms with Crippen molar-refractivity contribution in [3.8, 4) is 0 Å². The van der Waals surface area contributed by atoms with Crippen LogP contribution in [0.25, 0.3) is 0 Å². The average molecular weight is 399 g/mol. The van der Waals surface area contributed by atoms with Gasteiger partial charge in [0.1, 0.15) is 0 Å². The molecule has 0 aromatic heterocycles. The topological polar surface area (TPSA) is 142 Å². The molecule has 3 N–H and O–H groups in total. The van der Waals surface area contributed by atoms with Gasteiger partial charge in [0.15, 0.2) is 7.85 Å². The second kappa shape index (κ2) is 12.4. The Morgan fingerprint density at radius 1 is 0.536 bits per heavy atom. The van der Waals surface area contributed by atoms with Crippen LogP contribution in [0.3, 0.4) is 0 Å². The molecule has 1 saturated heterocycles. The summed E-state index contributed by atoms with van der Waals surface area (Å²) in [6.07, 6.45) is 0. The van der Waals surface area contributed by atoms with Gasteiger partial charge in [0.25, 0.3) is 0 Å². The number of aliphatic carboxylic acids is 3.